The van der Waals surface area contributed by atoms with Crippen molar-refractivity contribution in [1.29, 1.82) is 0 Å². The average Bonchev–Trinajstić information content (AvgIpc) is 2.83. The van der Waals surface area contributed by atoms with Gasteiger partial charge in [-0.2, -0.15) is 9.61 Å². The number of benzene rings is 1. The van der Waals surface area contributed by atoms with E-state index in [0.717, 1.165) is 27.2 Å². The summed E-state index contributed by atoms with van der Waals surface area (Å²) in [6.07, 6.45) is 0. The van der Waals surface area contributed by atoms with Crippen molar-refractivity contribution < 1.29 is 0 Å². The predicted molar refractivity (Wildman–Crippen MR) is 76.7 cm³/mol. The van der Waals surface area contributed by atoms with Crippen LogP contribution in [-0.4, -0.2) is 26.9 Å². The van der Waals surface area contributed by atoms with Gasteiger partial charge in [0.2, 0.25) is 0 Å². The van der Waals surface area contributed by atoms with E-state index in [1.807, 2.05) is 43.4 Å². The van der Waals surface area contributed by atoms with Crippen LogP contribution in [-0.2, 0) is 6.54 Å². The molecule has 0 fully saturated rings. The lowest BCUT2D eigenvalue weighted by molar-refractivity contribution is 0.719. The predicted octanol–water partition coefficient (Wildman–Crippen LogP) is 2.27. The maximum absolute atomic E-state index is 4.59. The number of nitrogens with one attached hydrogen (secondary N) is 1. The lowest BCUT2D eigenvalue weighted by atomic mass is 10.1. The van der Waals surface area contributed by atoms with Crippen LogP contribution in [0.1, 0.15) is 5.82 Å². The van der Waals surface area contributed by atoms with Gasteiger partial charge in [-0.3, -0.25) is 0 Å². The van der Waals surface area contributed by atoms with Crippen LogP contribution in [0.25, 0.3) is 16.9 Å². The number of hydrogen-bond donors (Lipinski definition) is 1. The topological polar surface area (TPSA) is 55.1 Å². The highest BCUT2D eigenvalue weighted by atomic mass is 79.9. The highest BCUT2D eigenvalue weighted by molar-refractivity contribution is 9.10. The fourth-order valence-corrected chi connectivity index (χ4v) is 2.14. The van der Waals surface area contributed by atoms with Crippen molar-refractivity contribution >= 4 is 21.6 Å². The molecule has 0 saturated heterocycles. The molecular formula is C13H12BrN5. The minimum Gasteiger partial charge on any atom is -0.313 e. The molecule has 5 nitrogen and oxygen atoms in total. The number of aromatic nitrogens is 4. The third kappa shape index (κ3) is 2.36. The van der Waals surface area contributed by atoms with E-state index < -0.39 is 0 Å². The van der Waals surface area contributed by atoms with Crippen molar-refractivity contribution in [3.05, 3.63) is 46.7 Å². The number of halogens is 1. The maximum atomic E-state index is 4.59. The molecule has 0 atom stereocenters. The molecule has 0 aliphatic carbocycles. The summed E-state index contributed by atoms with van der Waals surface area (Å²) in [7, 11) is 1.87. The quantitative estimate of drug-likeness (QED) is 0.805. The average molecular weight is 318 g/mol. The first-order valence-electron chi connectivity index (χ1n) is 5.90. The Kier molecular flexibility index (Phi) is 3.27. The standard InChI is InChI=1S/C13H12BrN5/c1-15-8-13-17-16-12-7-6-11(18-19(12)13)9-2-4-10(14)5-3-9/h2-7,15H,8H2,1H3. The van der Waals surface area contributed by atoms with E-state index in [1.54, 1.807) is 4.52 Å². The van der Waals surface area contributed by atoms with Crippen molar-refractivity contribution in [2.24, 2.45) is 0 Å². The van der Waals surface area contributed by atoms with E-state index in [-0.39, 0.29) is 0 Å². The fourth-order valence-electron chi connectivity index (χ4n) is 1.88. The van der Waals surface area contributed by atoms with Gasteiger partial charge in [-0.1, -0.05) is 28.1 Å². The molecule has 2 aromatic heterocycles. The summed E-state index contributed by atoms with van der Waals surface area (Å²) in [6.45, 7) is 0.637. The number of nitrogens with zero attached hydrogens (tertiary/aromatic N) is 4. The zero-order valence-electron chi connectivity index (χ0n) is 10.3. The largest absolute Gasteiger partial charge is 0.313 e. The Morgan fingerprint density at radius 1 is 1.11 bits per heavy atom. The second kappa shape index (κ2) is 5.07. The Morgan fingerprint density at radius 2 is 1.89 bits per heavy atom. The Morgan fingerprint density at radius 3 is 2.63 bits per heavy atom. The van der Waals surface area contributed by atoms with Crippen molar-refractivity contribution in [3.8, 4) is 11.3 Å². The smallest absolute Gasteiger partial charge is 0.177 e. The van der Waals surface area contributed by atoms with Gasteiger partial charge in [0, 0.05) is 10.0 Å². The van der Waals surface area contributed by atoms with Gasteiger partial charge >= 0.3 is 0 Å². The molecule has 6 heteroatoms. The summed E-state index contributed by atoms with van der Waals surface area (Å²) in [5, 5.41) is 15.9. The minimum absolute atomic E-state index is 0.637. The van der Waals surface area contributed by atoms with E-state index in [1.165, 1.54) is 0 Å². The summed E-state index contributed by atoms with van der Waals surface area (Å²) < 4.78 is 2.82. The van der Waals surface area contributed by atoms with Gasteiger partial charge < -0.3 is 5.32 Å². The van der Waals surface area contributed by atoms with E-state index >= 15 is 0 Å². The van der Waals surface area contributed by atoms with E-state index in [0.29, 0.717) is 6.54 Å². The molecular weight excluding hydrogens is 306 g/mol. The van der Waals surface area contributed by atoms with Gasteiger partial charge in [0.25, 0.3) is 0 Å². The van der Waals surface area contributed by atoms with Gasteiger partial charge in [-0.15, -0.1) is 10.2 Å². The number of rotatable bonds is 3. The van der Waals surface area contributed by atoms with Crippen LogP contribution < -0.4 is 5.32 Å². The van der Waals surface area contributed by atoms with Gasteiger partial charge in [0.05, 0.1) is 12.2 Å². The molecule has 2 heterocycles. The second-order valence-electron chi connectivity index (χ2n) is 4.14. The molecule has 1 N–H and O–H groups in total. The van der Waals surface area contributed by atoms with Crippen molar-refractivity contribution in [1.82, 2.24) is 25.1 Å². The van der Waals surface area contributed by atoms with Crippen molar-refractivity contribution in [2.45, 2.75) is 6.54 Å². The zero-order valence-corrected chi connectivity index (χ0v) is 11.9. The Hall–Kier alpha value is -1.79. The van der Waals surface area contributed by atoms with Crippen molar-refractivity contribution in [2.75, 3.05) is 7.05 Å². The molecule has 3 aromatic rings. The van der Waals surface area contributed by atoms with E-state index in [4.69, 9.17) is 0 Å². The number of hydrogen-bond acceptors (Lipinski definition) is 4. The molecule has 0 aliphatic heterocycles. The zero-order chi connectivity index (χ0) is 13.2. The summed E-state index contributed by atoms with van der Waals surface area (Å²) in [4.78, 5) is 0. The SMILES string of the molecule is CNCc1nnc2ccc(-c3ccc(Br)cc3)nn12. The molecule has 0 amide bonds. The first-order valence-corrected chi connectivity index (χ1v) is 6.69. The van der Waals surface area contributed by atoms with Crippen LogP contribution in [0.15, 0.2) is 40.9 Å². The van der Waals surface area contributed by atoms with Gasteiger partial charge in [-0.05, 0) is 31.3 Å². The summed E-state index contributed by atoms with van der Waals surface area (Å²) in [6, 6.07) is 11.9. The molecule has 0 unspecified atom stereocenters. The second-order valence-corrected chi connectivity index (χ2v) is 5.06. The summed E-state index contributed by atoms with van der Waals surface area (Å²) in [5.41, 5.74) is 2.72. The first kappa shape index (κ1) is 12.3. The van der Waals surface area contributed by atoms with Crippen LogP contribution >= 0.6 is 15.9 Å². The summed E-state index contributed by atoms with van der Waals surface area (Å²) in [5.74, 6) is 0.802. The Bertz CT molecular complexity index is 705. The lowest BCUT2D eigenvalue weighted by Gasteiger charge is -2.03. The third-order valence-corrected chi connectivity index (χ3v) is 3.33. The fraction of sp³-hybridized carbons (Fsp3) is 0.154. The lowest BCUT2D eigenvalue weighted by Crippen LogP contribution is -2.10. The van der Waals surface area contributed by atoms with Crippen LogP contribution in [0.3, 0.4) is 0 Å². The van der Waals surface area contributed by atoms with Gasteiger partial charge in [-0.25, -0.2) is 0 Å². The first-order chi connectivity index (χ1) is 9.28. The Balaban J connectivity index is 2.09. The molecule has 0 aliphatic rings. The van der Waals surface area contributed by atoms with E-state index in [9.17, 15) is 0 Å². The molecule has 0 spiro atoms. The highest BCUT2D eigenvalue weighted by Crippen LogP contribution is 2.20. The highest BCUT2D eigenvalue weighted by Gasteiger charge is 2.07. The minimum atomic E-state index is 0.637. The monoisotopic (exact) mass is 317 g/mol. The van der Waals surface area contributed by atoms with Crippen LogP contribution in [0.5, 0.6) is 0 Å². The maximum Gasteiger partial charge on any atom is 0.177 e. The van der Waals surface area contributed by atoms with Crippen LogP contribution in [0.4, 0.5) is 0 Å². The molecule has 19 heavy (non-hydrogen) atoms. The van der Waals surface area contributed by atoms with Gasteiger partial charge in [0.15, 0.2) is 11.5 Å². The molecule has 1 aromatic carbocycles. The van der Waals surface area contributed by atoms with Crippen LogP contribution in [0.2, 0.25) is 0 Å². The summed E-state index contributed by atoms with van der Waals surface area (Å²) >= 11 is 3.43. The molecule has 96 valence electrons. The molecule has 0 saturated carbocycles. The van der Waals surface area contributed by atoms with Crippen LogP contribution in [0, 0.1) is 0 Å². The molecule has 0 radical (unpaired) electrons. The van der Waals surface area contributed by atoms with Crippen molar-refractivity contribution in [3.63, 3.8) is 0 Å². The Labute approximate surface area is 118 Å². The van der Waals surface area contributed by atoms with Gasteiger partial charge in [0.1, 0.15) is 0 Å². The normalized spacial score (nSPS) is 11.1. The number of fused-ring (bicyclic) bond motifs is 1. The van der Waals surface area contributed by atoms with E-state index in [2.05, 4.69) is 36.5 Å². The molecule has 0 bridgehead atoms. The third-order valence-electron chi connectivity index (χ3n) is 2.80. The molecule has 3 rings (SSSR count).